The Hall–Kier alpha value is -1.15. The van der Waals surface area contributed by atoms with E-state index in [1.54, 1.807) is 12.1 Å². The van der Waals surface area contributed by atoms with Crippen molar-refractivity contribution in [3.05, 3.63) is 24.3 Å². The number of anilines is 1. The summed E-state index contributed by atoms with van der Waals surface area (Å²) in [6, 6.07) is 6.00. The van der Waals surface area contributed by atoms with E-state index in [0.717, 1.165) is 4.31 Å². The summed E-state index contributed by atoms with van der Waals surface area (Å²) in [5.41, 5.74) is 6.01. The highest BCUT2D eigenvalue weighted by Gasteiger charge is 2.26. The molecule has 6 nitrogen and oxygen atoms in total. The lowest BCUT2D eigenvalue weighted by Gasteiger charge is -2.25. The Bertz CT molecular complexity index is 451. The second kappa shape index (κ2) is 4.38. The first kappa shape index (κ1) is 11.3. The SMILES string of the molecule is Nc1ccc(S(=O)(=O)N2COCOC2)cc1. The van der Waals surface area contributed by atoms with Gasteiger partial charge in [0.05, 0.1) is 4.90 Å². The van der Waals surface area contributed by atoms with Gasteiger partial charge in [0.2, 0.25) is 10.0 Å². The van der Waals surface area contributed by atoms with E-state index in [9.17, 15) is 8.42 Å². The Kier molecular flexibility index (Phi) is 3.10. The van der Waals surface area contributed by atoms with E-state index >= 15 is 0 Å². The molecule has 0 aromatic heterocycles. The number of nitrogen functional groups attached to an aromatic ring is 1. The molecule has 0 amide bonds. The molecule has 1 aromatic carbocycles. The van der Waals surface area contributed by atoms with E-state index < -0.39 is 10.0 Å². The minimum absolute atomic E-state index is 0.00666. The van der Waals surface area contributed by atoms with Crippen molar-refractivity contribution in [3.63, 3.8) is 0 Å². The summed E-state index contributed by atoms with van der Waals surface area (Å²) in [5.74, 6) is 0. The molecule has 1 saturated heterocycles. The standard InChI is InChI=1S/C9H12N2O4S/c10-8-1-3-9(4-2-8)16(12,13)11-5-14-7-15-6-11/h1-4H,5-7,10H2. The van der Waals surface area contributed by atoms with Gasteiger partial charge in [-0.05, 0) is 24.3 Å². The molecule has 1 heterocycles. The van der Waals surface area contributed by atoms with E-state index in [1.807, 2.05) is 0 Å². The largest absolute Gasteiger partial charge is 0.399 e. The van der Waals surface area contributed by atoms with E-state index in [1.165, 1.54) is 12.1 Å². The molecule has 1 aliphatic heterocycles. The van der Waals surface area contributed by atoms with Crippen molar-refractivity contribution in [2.75, 3.05) is 26.0 Å². The molecule has 1 fully saturated rings. The fourth-order valence-corrected chi connectivity index (χ4v) is 2.51. The Morgan fingerprint density at radius 1 is 1.12 bits per heavy atom. The molecule has 0 spiro atoms. The maximum absolute atomic E-state index is 12.0. The fraction of sp³-hybridized carbons (Fsp3) is 0.333. The molecule has 1 aliphatic rings. The van der Waals surface area contributed by atoms with Gasteiger partial charge >= 0.3 is 0 Å². The molecule has 7 heteroatoms. The van der Waals surface area contributed by atoms with Gasteiger partial charge in [0.1, 0.15) is 20.3 Å². The quantitative estimate of drug-likeness (QED) is 0.750. The molecule has 0 saturated carbocycles. The molecule has 0 aliphatic carbocycles. The Balaban J connectivity index is 2.27. The van der Waals surface area contributed by atoms with Crippen LogP contribution in [-0.4, -0.2) is 33.0 Å². The van der Waals surface area contributed by atoms with Gasteiger partial charge in [-0.25, -0.2) is 8.42 Å². The number of nitrogens with zero attached hydrogens (tertiary/aromatic N) is 1. The van der Waals surface area contributed by atoms with E-state index in [4.69, 9.17) is 15.2 Å². The van der Waals surface area contributed by atoms with Gasteiger partial charge in [-0.2, -0.15) is 0 Å². The van der Waals surface area contributed by atoms with Gasteiger partial charge in [0.25, 0.3) is 0 Å². The van der Waals surface area contributed by atoms with Crippen molar-refractivity contribution in [1.82, 2.24) is 4.31 Å². The molecule has 2 rings (SSSR count). The van der Waals surface area contributed by atoms with Crippen LogP contribution in [-0.2, 0) is 19.5 Å². The first-order valence-electron chi connectivity index (χ1n) is 4.62. The topological polar surface area (TPSA) is 81.9 Å². The normalized spacial score (nSPS) is 18.5. The minimum Gasteiger partial charge on any atom is -0.399 e. The van der Waals surface area contributed by atoms with Gasteiger partial charge in [-0.1, -0.05) is 0 Å². The zero-order valence-electron chi connectivity index (χ0n) is 8.50. The zero-order chi connectivity index (χ0) is 11.6. The minimum atomic E-state index is -3.55. The molecule has 0 atom stereocenters. The van der Waals surface area contributed by atoms with Gasteiger partial charge in [0.15, 0.2) is 0 Å². The number of hydrogen-bond acceptors (Lipinski definition) is 5. The van der Waals surface area contributed by atoms with Crippen LogP contribution in [0.25, 0.3) is 0 Å². The molecule has 88 valence electrons. The Morgan fingerprint density at radius 2 is 1.69 bits per heavy atom. The second-order valence-electron chi connectivity index (χ2n) is 3.31. The van der Waals surface area contributed by atoms with Crippen LogP contribution < -0.4 is 5.73 Å². The Labute approximate surface area is 93.6 Å². The lowest BCUT2D eigenvalue weighted by Crippen LogP contribution is -2.39. The third kappa shape index (κ3) is 2.17. The molecule has 1 aromatic rings. The van der Waals surface area contributed by atoms with Crippen LogP contribution in [0.1, 0.15) is 0 Å². The molecule has 16 heavy (non-hydrogen) atoms. The average molecular weight is 244 g/mol. The van der Waals surface area contributed by atoms with Gasteiger partial charge in [-0.3, -0.25) is 0 Å². The summed E-state index contributed by atoms with van der Waals surface area (Å²) in [4.78, 5) is 0.177. The number of rotatable bonds is 2. The van der Waals surface area contributed by atoms with Crippen molar-refractivity contribution in [2.45, 2.75) is 4.90 Å². The average Bonchev–Trinajstić information content (AvgIpc) is 2.31. The molecule has 0 unspecified atom stereocenters. The number of sulfonamides is 1. The van der Waals surface area contributed by atoms with Crippen LogP contribution in [0.5, 0.6) is 0 Å². The number of hydrogen-bond donors (Lipinski definition) is 1. The number of benzene rings is 1. The highest BCUT2D eigenvalue weighted by atomic mass is 32.2. The lowest BCUT2D eigenvalue weighted by molar-refractivity contribution is -0.153. The number of nitrogens with two attached hydrogens (primary N) is 1. The zero-order valence-corrected chi connectivity index (χ0v) is 9.31. The van der Waals surface area contributed by atoms with E-state index in [-0.39, 0.29) is 25.2 Å². The van der Waals surface area contributed by atoms with Gasteiger partial charge in [-0.15, -0.1) is 4.31 Å². The second-order valence-corrected chi connectivity index (χ2v) is 5.25. The van der Waals surface area contributed by atoms with Crippen molar-refractivity contribution in [1.29, 1.82) is 0 Å². The monoisotopic (exact) mass is 244 g/mol. The van der Waals surface area contributed by atoms with Crippen molar-refractivity contribution in [3.8, 4) is 0 Å². The fourth-order valence-electron chi connectivity index (χ4n) is 1.30. The highest BCUT2D eigenvalue weighted by molar-refractivity contribution is 7.89. The highest BCUT2D eigenvalue weighted by Crippen LogP contribution is 2.18. The molecule has 0 bridgehead atoms. The number of ether oxygens (including phenoxy) is 2. The van der Waals surface area contributed by atoms with Crippen LogP contribution in [0, 0.1) is 0 Å². The Morgan fingerprint density at radius 3 is 2.25 bits per heavy atom. The van der Waals surface area contributed by atoms with Crippen LogP contribution in [0.2, 0.25) is 0 Å². The lowest BCUT2D eigenvalue weighted by atomic mass is 10.3. The summed E-state index contributed by atoms with van der Waals surface area (Å²) < 4.78 is 35.0. The molecule has 0 radical (unpaired) electrons. The first-order valence-corrected chi connectivity index (χ1v) is 6.06. The van der Waals surface area contributed by atoms with Gasteiger partial charge < -0.3 is 15.2 Å². The van der Waals surface area contributed by atoms with Crippen LogP contribution >= 0.6 is 0 Å². The first-order chi connectivity index (χ1) is 7.60. The van der Waals surface area contributed by atoms with E-state index in [2.05, 4.69) is 0 Å². The summed E-state index contributed by atoms with van der Waals surface area (Å²) in [7, 11) is -3.55. The molecule has 2 N–H and O–H groups in total. The van der Waals surface area contributed by atoms with Crippen LogP contribution in [0.3, 0.4) is 0 Å². The third-order valence-corrected chi connectivity index (χ3v) is 3.91. The summed E-state index contributed by atoms with van der Waals surface area (Å²) >= 11 is 0. The van der Waals surface area contributed by atoms with Crippen LogP contribution in [0.4, 0.5) is 5.69 Å². The van der Waals surface area contributed by atoms with Crippen molar-refractivity contribution >= 4 is 15.7 Å². The predicted octanol–water partition coefficient (Wildman–Crippen LogP) is 0.179. The van der Waals surface area contributed by atoms with Crippen LogP contribution in [0.15, 0.2) is 29.2 Å². The predicted molar refractivity (Wildman–Crippen MR) is 56.7 cm³/mol. The summed E-state index contributed by atoms with van der Waals surface area (Å²) in [5, 5.41) is 0. The van der Waals surface area contributed by atoms with Gasteiger partial charge in [0, 0.05) is 5.69 Å². The third-order valence-electron chi connectivity index (χ3n) is 2.16. The smallest absolute Gasteiger partial charge is 0.246 e. The maximum Gasteiger partial charge on any atom is 0.246 e. The molecular weight excluding hydrogens is 232 g/mol. The van der Waals surface area contributed by atoms with Crippen molar-refractivity contribution < 1.29 is 17.9 Å². The summed E-state index contributed by atoms with van der Waals surface area (Å²) in [6.07, 6.45) is 0. The van der Waals surface area contributed by atoms with E-state index in [0.29, 0.717) is 5.69 Å². The molecular formula is C9H12N2O4S. The summed E-state index contributed by atoms with van der Waals surface area (Å²) in [6.45, 7) is 0.132. The maximum atomic E-state index is 12.0. The van der Waals surface area contributed by atoms with Crippen molar-refractivity contribution in [2.24, 2.45) is 0 Å².